The molecule has 4 nitrogen and oxygen atoms in total. The fourth-order valence-corrected chi connectivity index (χ4v) is 1.11. The number of unbranched alkanes of at least 4 members (excludes halogenated alkanes) is 5. The zero-order valence-electron chi connectivity index (χ0n) is 10.9. The Hall–Kier alpha value is -0.870. The molecule has 17 heavy (non-hydrogen) atoms. The van der Waals surface area contributed by atoms with Crippen molar-refractivity contribution < 1.29 is 19.7 Å². The summed E-state index contributed by atoms with van der Waals surface area (Å²) in [7, 11) is 0. The molecule has 0 aromatic heterocycles. The molecule has 0 unspecified atom stereocenters. The first-order chi connectivity index (χ1) is 8.22. The van der Waals surface area contributed by atoms with Crippen molar-refractivity contribution in [3.63, 3.8) is 0 Å². The number of ether oxygens (including phenoxy) is 1. The summed E-state index contributed by atoms with van der Waals surface area (Å²) in [5.41, 5.74) is 0. The van der Waals surface area contributed by atoms with Gasteiger partial charge in [0.15, 0.2) is 0 Å². The summed E-state index contributed by atoms with van der Waals surface area (Å²) in [5.74, 6) is -0.312. The largest absolute Gasteiger partial charge is 0.463 e. The quantitative estimate of drug-likeness (QED) is 0.371. The van der Waals surface area contributed by atoms with Gasteiger partial charge >= 0.3 is 5.97 Å². The van der Waals surface area contributed by atoms with Crippen LogP contribution in [0.2, 0.25) is 0 Å². The average Bonchev–Trinajstić information content (AvgIpc) is 2.37. The predicted molar refractivity (Wildman–Crippen MR) is 68.7 cm³/mol. The van der Waals surface area contributed by atoms with E-state index < -0.39 is 0 Å². The van der Waals surface area contributed by atoms with Crippen molar-refractivity contribution in [2.45, 2.75) is 45.4 Å². The Balaban J connectivity index is 0. The summed E-state index contributed by atoms with van der Waals surface area (Å²) >= 11 is 0. The summed E-state index contributed by atoms with van der Waals surface area (Å²) in [4.78, 5) is 10.6. The Morgan fingerprint density at radius 3 is 2.12 bits per heavy atom. The van der Waals surface area contributed by atoms with Gasteiger partial charge in [-0.25, -0.2) is 4.79 Å². The van der Waals surface area contributed by atoms with Gasteiger partial charge in [0.2, 0.25) is 0 Å². The second-order valence-electron chi connectivity index (χ2n) is 3.59. The second-order valence-corrected chi connectivity index (χ2v) is 3.59. The van der Waals surface area contributed by atoms with Crippen LogP contribution in [0.25, 0.3) is 0 Å². The van der Waals surface area contributed by atoms with E-state index in [1.54, 1.807) is 0 Å². The topological polar surface area (TPSA) is 66.8 Å². The van der Waals surface area contributed by atoms with Crippen molar-refractivity contribution in [1.82, 2.24) is 0 Å². The molecule has 2 N–H and O–H groups in total. The van der Waals surface area contributed by atoms with Crippen LogP contribution in [-0.2, 0) is 9.53 Å². The Bertz CT molecular complexity index is 167. The molecule has 0 amide bonds. The van der Waals surface area contributed by atoms with Gasteiger partial charge in [-0.1, -0.05) is 45.6 Å². The molecule has 0 aliphatic carbocycles. The Labute approximate surface area is 104 Å². The standard InChI is InChI=1S/C11H20O2.C2H6O2/c1-3-5-6-7-8-9-10-13-11(12)4-2;3-1-2-4/h4H,2-3,5-10H2,1H3;3-4H,1-2H2. The maximum absolute atomic E-state index is 10.6. The number of carbonyl (C=O) groups excluding carboxylic acids is 1. The van der Waals surface area contributed by atoms with Gasteiger partial charge in [-0.05, 0) is 6.42 Å². The molecule has 0 bridgehead atoms. The molecule has 0 radical (unpaired) electrons. The normalized spacial score (nSPS) is 9.12. The minimum Gasteiger partial charge on any atom is -0.463 e. The monoisotopic (exact) mass is 246 g/mol. The lowest BCUT2D eigenvalue weighted by atomic mass is 10.1. The van der Waals surface area contributed by atoms with Gasteiger partial charge < -0.3 is 14.9 Å². The van der Waals surface area contributed by atoms with Crippen LogP contribution in [0.5, 0.6) is 0 Å². The number of rotatable bonds is 9. The van der Waals surface area contributed by atoms with Crippen molar-refractivity contribution in [2.75, 3.05) is 19.8 Å². The summed E-state index contributed by atoms with van der Waals surface area (Å²) in [5, 5.41) is 15.2. The van der Waals surface area contributed by atoms with E-state index in [4.69, 9.17) is 14.9 Å². The van der Waals surface area contributed by atoms with E-state index in [1.807, 2.05) is 0 Å². The summed E-state index contributed by atoms with van der Waals surface area (Å²) < 4.78 is 4.84. The third-order valence-corrected chi connectivity index (χ3v) is 2.01. The number of aliphatic hydroxyl groups excluding tert-OH is 2. The predicted octanol–water partition coefficient (Wildman–Crippen LogP) is 2.05. The van der Waals surface area contributed by atoms with Crippen LogP contribution >= 0.6 is 0 Å². The zero-order chi connectivity index (χ0) is 13.4. The highest BCUT2D eigenvalue weighted by Crippen LogP contribution is 2.04. The number of aliphatic hydroxyl groups is 2. The third-order valence-electron chi connectivity index (χ3n) is 2.01. The van der Waals surface area contributed by atoms with Crippen LogP contribution in [0.15, 0.2) is 12.7 Å². The van der Waals surface area contributed by atoms with E-state index in [0.717, 1.165) is 12.8 Å². The minimum atomic E-state index is -0.312. The molecule has 4 heteroatoms. The fraction of sp³-hybridized carbons (Fsp3) is 0.769. The molecule has 0 aliphatic heterocycles. The Kier molecular flexibility index (Phi) is 19.1. The van der Waals surface area contributed by atoms with E-state index in [2.05, 4.69) is 13.5 Å². The van der Waals surface area contributed by atoms with Gasteiger partial charge in [0.05, 0.1) is 19.8 Å². The van der Waals surface area contributed by atoms with Crippen molar-refractivity contribution in [1.29, 1.82) is 0 Å². The first-order valence-corrected chi connectivity index (χ1v) is 6.23. The molecule has 0 rings (SSSR count). The molecule has 0 fully saturated rings. The Morgan fingerprint density at radius 2 is 1.65 bits per heavy atom. The molecule has 0 aromatic rings. The highest BCUT2D eigenvalue weighted by Gasteiger charge is 1.94. The SMILES string of the molecule is C=CC(=O)OCCCCCCCC.OCCO. The Morgan fingerprint density at radius 1 is 1.12 bits per heavy atom. The number of hydrogen-bond donors (Lipinski definition) is 2. The van der Waals surface area contributed by atoms with E-state index in [9.17, 15) is 4.79 Å². The summed E-state index contributed by atoms with van der Waals surface area (Å²) in [6.45, 7) is 5.81. The van der Waals surface area contributed by atoms with Gasteiger partial charge in [0.1, 0.15) is 0 Å². The average molecular weight is 246 g/mol. The van der Waals surface area contributed by atoms with E-state index >= 15 is 0 Å². The van der Waals surface area contributed by atoms with Crippen LogP contribution in [0.4, 0.5) is 0 Å². The molecule has 0 aromatic carbocycles. The fourth-order valence-electron chi connectivity index (χ4n) is 1.11. The lowest BCUT2D eigenvalue weighted by Gasteiger charge is -2.01. The number of carbonyl (C=O) groups is 1. The van der Waals surface area contributed by atoms with Crippen LogP contribution in [0, 0.1) is 0 Å². The molecule has 102 valence electrons. The molecule has 0 spiro atoms. The van der Waals surface area contributed by atoms with E-state index in [0.29, 0.717) is 6.61 Å². The first-order valence-electron chi connectivity index (χ1n) is 6.23. The van der Waals surface area contributed by atoms with Gasteiger partial charge in [-0.2, -0.15) is 0 Å². The molecular weight excluding hydrogens is 220 g/mol. The highest BCUT2D eigenvalue weighted by atomic mass is 16.5. The van der Waals surface area contributed by atoms with Crippen molar-refractivity contribution >= 4 is 5.97 Å². The van der Waals surface area contributed by atoms with Crippen molar-refractivity contribution in [2.24, 2.45) is 0 Å². The first kappa shape index (κ1) is 18.5. The maximum Gasteiger partial charge on any atom is 0.330 e. The highest BCUT2D eigenvalue weighted by molar-refractivity contribution is 5.81. The summed E-state index contributed by atoms with van der Waals surface area (Å²) in [6.07, 6.45) is 8.47. The second kappa shape index (κ2) is 17.5. The minimum absolute atomic E-state index is 0.125. The molecule has 0 saturated carbocycles. The molecule has 0 saturated heterocycles. The molecular formula is C13H26O4. The van der Waals surface area contributed by atoms with Gasteiger partial charge in [-0.15, -0.1) is 0 Å². The van der Waals surface area contributed by atoms with Crippen molar-refractivity contribution in [3.05, 3.63) is 12.7 Å². The van der Waals surface area contributed by atoms with Crippen LogP contribution < -0.4 is 0 Å². The van der Waals surface area contributed by atoms with Gasteiger partial charge in [0, 0.05) is 6.08 Å². The van der Waals surface area contributed by atoms with E-state index in [-0.39, 0.29) is 19.2 Å². The molecule has 0 heterocycles. The lowest BCUT2D eigenvalue weighted by Crippen LogP contribution is -2.01. The third kappa shape index (κ3) is 21.1. The van der Waals surface area contributed by atoms with Crippen LogP contribution in [0.1, 0.15) is 45.4 Å². The van der Waals surface area contributed by atoms with Crippen LogP contribution in [-0.4, -0.2) is 36.0 Å². The zero-order valence-corrected chi connectivity index (χ0v) is 10.9. The van der Waals surface area contributed by atoms with Gasteiger partial charge in [0.25, 0.3) is 0 Å². The molecule has 0 aliphatic rings. The number of esters is 1. The summed E-state index contributed by atoms with van der Waals surface area (Å²) in [6, 6.07) is 0. The maximum atomic E-state index is 10.6. The smallest absolute Gasteiger partial charge is 0.330 e. The van der Waals surface area contributed by atoms with Crippen LogP contribution in [0.3, 0.4) is 0 Å². The lowest BCUT2D eigenvalue weighted by molar-refractivity contribution is -0.137. The number of hydrogen-bond acceptors (Lipinski definition) is 4. The van der Waals surface area contributed by atoms with E-state index in [1.165, 1.54) is 31.8 Å². The molecule has 0 atom stereocenters. The van der Waals surface area contributed by atoms with Crippen molar-refractivity contribution in [3.8, 4) is 0 Å². The van der Waals surface area contributed by atoms with Gasteiger partial charge in [-0.3, -0.25) is 0 Å².